The summed E-state index contributed by atoms with van der Waals surface area (Å²) in [5.74, 6) is -3.71. The lowest BCUT2D eigenvalue weighted by molar-refractivity contribution is -0.127. The normalized spacial score (nSPS) is 22.4. The van der Waals surface area contributed by atoms with Crippen molar-refractivity contribution in [3.05, 3.63) is 123 Å². The minimum atomic E-state index is -2.12. The van der Waals surface area contributed by atoms with E-state index in [0.717, 1.165) is 9.37 Å². The summed E-state index contributed by atoms with van der Waals surface area (Å²) in [5.41, 5.74) is -0.847. The van der Waals surface area contributed by atoms with Gasteiger partial charge in [-0.15, -0.1) is 0 Å². The van der Waals surface area contributed by atoms with Crippen molar-refractivity contribution in [2.75, 3.05) is 4.90 Å². The SMILES string of the molecule is O=C1[C@H]2[C@@H](c3ccc(Br)cc3)OC3(C(=O)c4ccccc4C3=O)[C@H]2C(=O)N1c1ccc(Oc2ccc(Cl)cc2)cc1. The number of anilines is 1. The average Bonchev–Trinajstić information content (AvgIpc) is 3.55. The number of hydrogen-bond donors (Lipinski definition) is 0. The van der Waals surface area contributed by atoms with Crippen LogP contribution in [0.3, 0.4) is 0 Å². The quantitative estimate of drug-likeness (QED) is 0.187. The Morgan fingerprint density at radius 1 is 0.732 bits per heavy atom. The molecule has 0 radical (unpaired) electrons. The fourth-order valence-corrected chi connectivity index (χ4v) is 6.42. The number of carbonyl (C=O) groups excluding carboxylic acids is 4. The molecule has 0 saturated carbocycles. The van der Waals surface area contributed by atoms with Gasteiger partial charge in [0.15, 0.2) is 0 Å². The van der Waals surface area contributed by atoms with E-state index in [0.29, 0.717) is 27.8 Å². The highest BCUT2D eigenvalue weighted by atomic mass is 79.9. The predicted molar refractivity (Wildman–Crippen MR) is 153 cm³/mol. The first-order chi connectivity index (χ1) is 19.8. The molecule has 3 atom stereocenters. The summed E-state index contributed by atoms with van der Waals surface area (Å²) in [6, 6.07) is 26.8. The van der Waals surface area contributed by atoms with E-state index in [9.17, 15) is 19.2 Å². The summed E-state index contributed by atoms with van der Waals surface area (Å²) in [5, 5.41) is 0.579. The van der Waals surface area contributed by atoms with E-state index in [4.69, 9.17) is 21.1 Å². The molecular weight excluding hydrogens is 610 g/mol. The van der Waals surface area contributed by atoms with Crippen LogP contribution in [0.1, 0.15) is 32.4 Å². The Labute approximate surface area is 247 Å². The topological polar surface area (TPSA) is 90.0 Å². The molecular formula is C32H19BrClNO6. The van der Waals surface area contributed by atoms with Crippen molar-refractivity contribution < 1.29 is 28.7 Å². The molecule has 2 aliphatic heterocycles. The van der Waals surface area contributed by atoms with Gasteiger partial charge in [0.25, 0.3) is 0 Å². The van der Waals surface area contributed by atoms with E-state index in [2.05, 4.69) is 15.9 Å². The Morgan fingerprint density at radius 3 is 1.88 bits per heavy atom. The average molecular weight is 629 g/mol. The molecule has 41 heavy (non-hydrogen) atoms. The van der Waals surface area contributed by atoms with E-state index in [-0.39, 0.29) is 11.1 Å². The molecule has 202 valence electrons. The standard InChI is InChI=1S/C32H19BrClNO6/c33-18-7-5-17(6-8-18)27-25-26(32(41-27)28(36)23-3-1-2-4-24(23)29(32)37)31(39)35(30(25)38)20-11-15-22(16-12-20)40-21-13-9-19(34)10-14-21/h1-16,25-27H/t25-,26-,27-/m1/s1. The Morgan fingerprint density at radius 2 is 1.29 bits per heavy atom. The van der Waals surface area contributed by atoms with E-state index >= 15 is 0 Å². The largest absolute Gasteiger partial charge is 0.457 e. The number of benzene rings is 4. The highest BCUT2D eigenvalue weighted by molar-refractivity contribution is 9.10. The number of rotatable bonds is 4. The molecule has 1 spiro atoms. The van der Waals surface area contributed by atoms with E-state index in [1.54, 1.807) is 97.1 Å². The van der Waals surface area contributed by atoms with E-state index in [1.807, 2.05) is 0 Å². The zero-order chi connectivity index (χ0) is 28.5. The molecule has 4 aromatic carbocycles. The molecule has 9 heteroatoms. The van der Waals surface area contributed by atoms with Gasteiger partial charge in [-0.05, 0) is 66.2 Å². The maximum absolute atomic E-state index is 14.1. The summed E-state index contributed by atoms with van der Waals surface area (Å²) in [7, 11) is 0. The smallest absolute Gasteiger partial charge is 0.241 e. The van der Waals surface area contributed by atoms with Gasteiger partial charge in [-0.1, -0.05) is 63.9 Å². The van der Waals surface area contributed by atoms with Crippen LogP contribution in [0.4, 0.5) is 5.69 Å². The minimum absolute atomic E-state index is 0.190. The van der Waals surface area contributed by atoms with Crippen LogP contribution in [-0.4, -0.2) is 29.0 Å². The van der Waals surface area contributed by atoms with Crippen molar-refractivity contribution in [2.24, 2.45) is 11.8 Å². The summed E-state index contributed by atoms with van der Waals surface area (Å²) in [4.78, 5) is 57.0. The van der Waals surface area contributed by atoms with Gasteiger partial charge in [0, 0.05) is 20.6 Å². The maximum Gasteiger partial charge on any atom is 0.241 e. The van der Waals surface area contributed by atoms with Gasteiger partial charge >= 0.3 is 0 Å². The zero-order valence-electron chi connectivity index (χ0n) is 21.1. The second-order valence-corrected chi connectivity index (χ2v) is 11.4. The van der Waals surface area contributed by atoms with Crippen molar-refractivity contribution >= 4 is 56.6 Å². The number of halogens is 2. The van der Waals surface area contributed by atoms with Gasteiger partial charge < -0.3 is 9.47 Å². The summed E-state index contributed by atoms with van der Waals surface area (Å²) < 4.78 is 13.0. The number of ketones is 2. The Balaban J connectivity index is 1.28. The number of imide groups is 1. The first-order valence-corrected chi connectivity index (χ1v) is 14.0. The van der Waals surface area contributed by atoms with Crippen LogP contribution in [0.5, 0.6) is 11.5 Å². The molecule has 2 amide bonds. The molecule has 0 aromatic heterocycles. The third kappa shape index (κ3) is 3.82. The Kier molecular flexibility index (Phi) is 5.97. The molecule has 2 fully saturated rings. The molecule has 2 heterocycles. The summed E-state index contributed by atoms with van der Waals surface area (Å²) >= 11 is 9.35. The van der Waals surface area contributed by atoms with Crippen molar-refractivity contribution in [3.8, 4) is 11.5 Å². The van der Waals surface area contributed by atoms with E-state index < -0.39 is 46.9 Å². The Hall–Kier alpha value is -4.11. The minimum Gasteiger partial charge on any atom is -0.457 e. The van der Waals surface area contributed by atoms with Crippen LogP contribution in [0.2, 0.25) is 5.02 Å². The highest BCUT2D eigenvalue weighted by Crippen LogP contribution is 2.57. The van der Waals surface area contributed by atoms with Gasteiger partial charge in [-0.3, -0.25) is 19.2 Å². The van der Waals surface area contributed by atoms with Crippen LogP contribution in [0.25, 0.3) is 0 Å². The van der Waals surface area contributed by atoms with Crippen molar-refractivity contribution in [1.82, 2.24) is 0 Å². The van der Waals surface area contributed by atoms with Gasteiger partial charge in [-0.25, -0.2) is 4.90 Å². The maximum atomic E-state index is 14.1. The second-order valence-electron chi connectivity index (χ2n) is 10.1. The monoisotopic (exact) mass is 627 g/mol. The van der Waals surface area contributed by atoms with Crippen molar-refractivity contribution in [2.45, 2.75) is 11.7 Å². The molecule has 7 nitrogen and oxygen atoms in total. The lowest BCUT2D eigenvalue weighted by Crippen LogP contribution is -2.51. The van der Waals surface area contributed by atoms with Crippen LogP contribution in [-0.2, 0) is 14.3 Å². The summed E-state index contributed by atoms with van der Waals surface area (Å²) in [6.07, 6.45) is -0.982. The number of carbonyl (C=O) groups is 4. The molecule has 4 aromatic rings. The number of ether oxygens (including phenoxy) is 2. The lowest BCUT2D eigenvalue weighted by Gasteiger charge is -2.27. The first-order valence-electron chi connectivity index (χ1n) is 12.8. The van der Waals surface area contributed by atoms with Gasteiger partial charge in [0.1, 0.15) is 11.5 Å². The third-order valence-electron chi connectivity index (χ3n) is 7.86. The lowest BCUT2D eigenvalue weighted by atomic mass is 9.77. The third-order valence-corrected chi connectivity index (χ3v) is 8.64. The first kappa shape index (κ1) is 25.8. The molecule has 0 bridgehead atoms. The molecule has 0 N–H and O–H groups in total. The Bertz CT molecular complexity index is 1720. The van der Waals surface area contributed by atoms with Crippen molar-refractivity contribution in [3.63, 3.8) is 0 Å². The second kappa shape index (κ2) is 9.48. The number of fused-ring (bicyclic) bond motifs is 3. The summed E-state index contributed by atoms with van der Waals surface area (Å²) in [6.45, 7) is 0. The molecule has 3 aliphatic rings. The molecule has 2 saturated heterocycles. The van der Waals surface area contributed by atoms with E-state index in [1.165, 1.54) is 0 Å². The van der Waals surface area contributed by atoms with Crippen LogP contribution in [0.15, 0.2) is 102 Å². The van der Waals surface area contributed by atoms with Crippen LogP contribution < -0.4 is 9.64 Å². The molecule has 7 rings (SSSR count). The zero-order valence-corrected chi connectivity index (χ0v) is 23.5. The van der Waals surface area contributed by atoms with Crippen LogP contribution in [0, 0.1) is 11.8 Å². The predicted octanol–water partition coefficient (Wildman–Crippen LogP) is 6.59. The highest BCUT2D eigenvalue weighted by Gasteiger charge is 2.74. The molecule has 1 aliphatic carbocycles. The number of hydrogen-bond acceptors (Lipinski definition) is 6. The number of Topliss-reactive ketones (excluding diaryl/α,β-unsaturated/α-hetero) is 2. The number of nitrogens with zero attached hydrogens (tertiary/aromatic N) is 1. The van der Waals surface area contributed by atoms with Crippen LogP contribution >= 0.6 is 27.5 Å². The van der Waals surface area contributed by atoms with Gasteiger partial charge in [-0.2, -0.15) is 0 Å². The van der Waals surface area contributed by atoms with Crippen molar-refractivity contribution in [1.29, 1.82) is 0 Å². The number of amides is 2. The van der Waals surface area contributed by atoms with Gasteiger partial charge in [0.05, 0.1) is 23.6 Å². The fraction of sp³-hybridized carbons (Fsp3) is 0.125. The molecule has 0 unspecified atom stereocenters. The fourth-order valence-electron chi connectivity index (χ4n) is 6.03. The van der Waals surface area contributed by atoms with Gasteiger partial charge in [0.2, 0.25) is 29.0 Å².